The maximum absolute atomic E-state index is 11.2. The van der Waals surface area contributed by atoms with Gasteiger partial charge in [-0.2, -0.15) is 5.10 Å². The molecule has 3 N–H and O–H groups in total. The third-order valence-electron chi connectivity index (χ3n) is 4.26. The molecule has 1 aliphatic heterocycles. The van der Waals surface area contributed by atoms with Crippen LogP contribution in [0.4, 0.5) is 0 Å². The number of carbonyl (C=O) groups is 1. The van der Waals surface area contributed by atoms with Crippen molar-refractivity contribution in [2.75, 3.05) is 13.1 Å². The van der Waals surface area contributed by atoms with Crippen molar-refractivity contribution < 1.29 is 9.21 Å². The minimum absolute atomic E-state index is 0.142. The van der Waals surface area contributed by atoms with Crippen molar-refractivity contribution in [1.82, 2.24) is 25.3 Å². The Morgan fingerprint density at radius 3 is 2.88 bits per heavy atom. The Balaban J connectivity index is 1.65. The van der Waals surface area contributed by atoms with Crippen molar-refractivity contribution in [3.8, 4) is 0 Å². The van der Waals surface area contributed by atoms with Gasteiger partial charge in [-0.1, -0.05) is 20.8 Å². The van der Waals surface area contributed by atoms with Gasteiger partial charge in [-0.05, 0) is 25.5 Å². The fraction of sp³-hybridized carbons (Fsp3) is 0.625. The second-order valence-corrected chi connectivity index (χ2v) is 7.40. The number of nitrogens with zero attached hydrogens (tertiary/aromatic N) is 4. The van der Waals surface area contributed by atoms with E-state index in [2.05, 4.69) is 46.1 Å². The maximum atomic E-state index is 11.2. The van der Waals surface area contributed by atoms with Gasteiger partial charge in [0.05, 0.1) is 6.54 Å². The molecule has 0 radical (unpaired) electrons. The number of H-pyrrole nitrogens is 1. The summed E-state index contributed by atoms with van der Waals surface area (Å²) in [6.45, 7) is 8.63. The van der Waals surface area contributed by atoms with Crippen LogP contribution in [0.25, 0.3) is 0 Å². The van der Waals surface area contributed by atoms with Crippen LogP contribution in [0.3, 0.4) is 0 Å². The van der Waals surface area contributed by atoms with E-state index in [1.165, 1.54) is 0 Å². The summed E-state index contributed by atoms with van der Waals surface area (Å²) in [5.41, 5.74) is 6.36. The van der Waals surface area contributed by atoms with Gasteiger partial charge < -0.3 is 10.2 Å². The Morgan fingerprint density at radius 2 is 2.25 bits per heavy atom. The standard InChI is InChI=1S/C16H24N6O2/c1-16(2,3)15-21-20-13(24-15)9-22-6-4-5-10(8-22)11-7-12(14(17)23)19-18-11/h7,10H,4-6,8-9H2,1-3H3,(H2,17,23)(H,18,19)/t10-/m0/s1. The summed E-state index contributed by atoms with van der Waals surface area (Å²) >= 11 is 0. The molecular weight excluding hydrogens is 308 g/mol. The van der Waals surface area contributed by atoms with Gasteiger partial charge in [0.2, 0.25) is 11.8 Å². The number of amides is 1. The van der Waals surface area contributed by atoms with Crippen LogP contribution in [-0.2, 0) is 12.0 Å². The van der Waals surface area contributed by atoms with E-state index >= 15 is 0 Å². The molecule has 0 unspecified atom stereocenters. The first-order valence-corrected chi connectivity index (χ1v) is 8.23. The van der Waals surface area contributed by atoms with Crippen LogP contribution in [0.2, 0.25) is 0 Å². The van der Waals surface area contributed by atoms with Gasteiger partial charge in [0.15, 0.2) is 0 Å². The summed E-state index contributed by atoms with van der Waals surface area (Å²) in [4.78, 5) is 13.5. The molecule has 8 nitrogen and oxygen atoms in total. The van der Waals surface area contributed by atoms with Gasteiger partial charge in [0.25, 0.3) is 5.91 Å². The molecule has 0 aliphatic carbocycles. The average molecular weight is 332 g/mol. The highest BCUT2D eigenvalue weighted by atomic mass is 16.4. The van der Waals surface area contributed by atoms with Crippen molar-refractivity contribution in [1.29, 1.82) is 0 Å². The largest absolute Gasteiger partial charge is 0.423 e. The van der Waals surface area contributed by atoms with E-state index < -0.39 is 5.91 Å². The molecule has 130 valence electrons. The molecule has 0 bridgehead atoms. The predicted octanol–water partition coefficient (Wildman–Crippen LogP) is 1.57. The number of hydrogen-bond donors (Lipinski definition) is 2. The van der Waals surface area contributed by atoms with Gasteiger partial charge >= 0.3 is 0 Å². The smallest absolute Gasteiger partial charge is 0.269 e. The van der Waals surface area contributed by atoms with Crippen molar-refractivity contribution >= 4 is 5.91 Å². The summed E-state index contributed by atoms with van der Waals surface area (Å²) in [5, 5.41) is 15.2. The number of nitrogens with one attached hydrogen (secondary N) is 1. The van der Waals surface area contributed by atoms with Gasteiger partial charge in [0.1, 0.15) is 5.69 Å². The number of aromatic nitrogens is 4. The van der Waals surface area contributed by atoms with Crippen LogP contribution >= 0.6 is 0 Å². The lowest BCUT2D eigenvalue weighted by Gasteiger charge is -2.31. The zero-order valence-corrected chi connectivity index (χ0v) is 14.4. The van der Waals surface area contributed by atoms with Crippen molar-refractivity contribution in [2.24, 2.45) is 5.73 Å². The molecule has 1 atom stereocenters. The Labute approximate surface area is 140 Å². The molecule has 3 rings (SSSR count). The zero-order chi connectivity index (χ0) is 17.3. The molecule has 1 amide bonds. The lowest BCUT2D eigenvalue weighted by molar-refractivity contribution is 0.0995. The summed E-state index contributed by atoms with van der Waals surface area (Å²) in [7, 11) is 0. The first-order chi connectivity index (χ1) is 11.3. The molecule has 1 aliphatic rings. The van der Waals surface area contributed by atoms with Gasteiger partial charge in [-0.3, -0.25) is 14.8 Å². The van der Waals surface area contributed by atoms with E-state index in [4.69, 9.17) is 10.2 Å². The van der Waals surface area contributed by atoms with Gasteiger partial charge in [0, 0.05) is 23.6 Å². The van der Waals surface area contributed by atoms with Crippen LogP contribution in [0.5, 0.6) is 0 Å². The van der Waals surface area contributed by atoms with Crippen molar-refractivity contribution in [3.63, 3.8) is 0 Å². The number of carbonyl (C=O) groups excluding carboxylic acids is 1. The number of likely N-dealkylation sites (tertiary alicyclic amines) is 1. The first kappa shape index (κ1) is 16.6. The molecule has 8 heteroatoms. The lowest BCUT2D eigenvalue weighted by atomic mass is 9.94. The fourth-order valence-corrected chi connectivity index (χ4v) is 2.94. The van der Waals surface area contributed by atoms with Crippen LogP contribution in [-0.4, -0.2) is 44.3 Å². The monoisotopic (exact) mass is 332 g/mol. The molecule has 1 saturated heterocycles. The van der Waals surface area contributed by atoms with E-state index in [0.29, 0.717) is 24.2 Å². The van der Waals surface area contributed by atoms with Crippen molar-refractivity contribution in [3.05, 3.63) is 29.2 Å². The molecule has 2 aromatic heterocycles. The van der Waals surface area contributed by atoms with Crippen molar-refractivity contribution in [2.45, 2.75) is 51.5 Å². The Bertz CT molecular complexity index is 714. The second-order valence-electron chi connectivity index (χ2n) is 7.40. The molecule has 0 saturated carbocycles. The Hall–Kier alpha value is -2.22. The molecule has 0 aromatic carbocycles. The molecular formula is C16H24N6O2. The van der Waals surface area contributed by atoms with Crippen LogP contribution < -0.4 is 5.73 Å². The topological polar surface area (TPSA) is 114 Å². The third-order valence-corrected chi connectivity index (χ3v) is 4.26. The Morgan fingerprint density at radius 1 is 1.46 bits per heavy atom. The Kier molecular flexibility index (Phi) is 4.40. The predicted molar refractivity (Wildman–Crippen MR) is 87.4 cm³/mol. The van der Waals surface area contributed by atoms with Crippen LogP contribution in [0.1, 0.15) is 67.5 Å². The zero-order valence-electron chi connectivity index (χ0n) is 14.4. The van der Waals surface area contributed by atoms with Gasteiger partial charge in [-0.25, -0.2) is 0 Å². The highest BCUT2D eigenvalue weighted by molar-refractivity contribution is 5.90. The SMILES string of the molecule is CC(C)(C)c1nnc(CN2CCC[C@H](c3cc(C(N)=O)n[nH]3)C2)o1. The van der Waals surface area contributed by atoms with E-state index in [-0.39, 0.29) is 11.1 Å². The van der Waals surface area contributed by atoms with Crippen LogP contribution in [0, 0.1) is 0 Å². The van der Waals surface area contributed by atoms with E-state index in [1.807, 2.05) is 0 Å². The normalized spacial score (nSPS) is 19.5. The fourth-order valence-electron chi connectivity index (χ4n) is 2.94. The number of piperidine rings is 1. The number of primary amides is 1. The number of nitrogens with two attached hydrogens (primary N) is 1. The number of rotatable bonds is 4. The molecule has 2 aromatic rings. The minimum atomic E-state index is -0.509. The average Bonchev–Trinajstić information content (AvgIpc) is 3.16. The first-order valence-electron chi connectivity index (χ1n) is 8.23. The third kappa shape index (κ3) is 3.64. The summed E-state index contributed by atoms with van der Waals surface area (Å²) in [5.74, 6) is 1.09. The highest BCUT2D eigenvalue weighted by Gasteiger charge is 2.26. The lowest BCUT2D eigenvalue weighted by Crippen LogP contribution is -2.34. The van der Waals surface area contributed by atoms with E-state index in [1.54, 1.807) is 6.07 Å². The minimum Gasteiger partial charge on any atom is -0.423 e. The van der Waals surface area contributed by atoms with E-state index in [0.717, 1.165) is 31.6 Å². The van der Waals surface area contributed by atoms with E-state index in [9.17, 15) is 4.79 Å². The highest BCUT2D eigenvalue weighted by Crippen LogP contribution is 2.27. The molecule has 1 fully saturated rings. The maximum Gasteiger partial charge on any atom is 0.269 e. The summed E-state index contributed by atoms with van der Waals surface area (Å²) in [6, 6.07) is 1.75. The molecule has 0 spiro atoms. The van der Waals surface area contributed by atoms with Crippen LogP contribution in [0.15, 0.2) is 10.5 Å². The quantitative estimate of drug-likeness (QED) is 0.878. The number of aromatic amines is 1. The molecule has 3 heterocycles. The summed E-state index contributed by atoms with van der Waals surface area (Å²) in [6.07, 6.45) is 2.11. The molecule has 24 heavy (non-hydrogen) atoms. The number of hydrogen-bond acceptors (Lipinski definition) is 6. The van der Waals surface area contributed by atoms with Gasteiger partial charge in [-0.15, -0.1) is 10.2 Å². The second kappa shape index (κ2) is 6.35. The summed E-state index contributed by atoms with van der Waals surface area (Å²) < 4.78 is 5.78.